The van der Waals surface area contributed by atoms with Crippen LogP contribution in [0.5, 0.6) is 0 Å². The van der Waals surface area contributed by atoms with E-state index in [4.69, 9.17) is 5.73 Å². The Morgan fingerprint density at radius 1 is 1.55 bits per heavy atom. The van der Waals surface area contributed by atoms with Crippen LogP contribution < -0.4 is 11.1 Å². The molecule has 2 aromatic rings. The number of nitrogens with zero attached hydrogens (tertiary/aromatic N) is 2. The van der Waals surface area contributed by atoms with Gasteiger partial charge in [-0.15, -0.1) is 11.3 Å². The molecule has 104 valence electrons. The Kier molecular flexibility index (Phi) is 4.60. The first-order chi connectivity index (χ1) is 9.63. The van der Waals surface area contributed by atoms with Gasteiger partial charge in [-0.3, -0.25) is 9.79 Å². The summed E-state index contributed by atoms with van der Waals surface area (Å²) in [5, 5.41) is 5.12. The molecule has 2 rings (SSSR count). The number of anilines is 1. The third-order valence-electron chi connectivity index (χ3n) is 2.77. The van der Waals surface area contributed by atoms with E-state index in [2.05, 4.69) is 21.4 Å². The lowest BCUT2D eigenvalue weighted by molar-refractivity contribution is -0.114. The van der Waals surface area contributed by atoms with Crippen LogP contribution in [0.2, 0.25) is 0 Å². The first kappa shape index (κ1) is 14.4. The molecule has 1 heterocycles. The Labute approximate surface area is 121 Å². The van der Waals surface area contributed by atoms with Gasteiger partial charge in [-0.2, -0.15) is 0 Å². The number of aromatic nitrogens is 1. The maximum atomic E-state index is 11.2. The summed E-state index contributed by atoms with van der Waals surface area (Å²) in [5.41, 5.74) is 9.33. The number of aliphatic imine (C=N–C) groups is 1. The van der Waals surface area contributed by atoms with E-state index in [1.165, 1.54) is 11.3 Å². The maximum absolute atomic E-state index is 11.2. The SMILES string of the molecule is CN=Cc1ccc(-c2csc(NC(=O)CN)n2)cc1C. The molecule has 3 N–H and O–H groups in total. The first-order valence-corrected chi connectivity index (χ1v) is 7.00. The van der Waals surface area contributed by atoms with Gasteiger partial charge in [0.25, 0.3) is 0 Å². The van der Waals surface area contributed by atoms with Crippen molar-refractivity contribution >= 4 is 28.6 Å². The first-order valence-electron chi connectivity index (χ1n) is 6.12. The molecule has 0 radical (unpaired) electrons. The molecule has 0 fully saturated rings. The van der Waals surface area contributed by atoms with Gasteiger partial charge >= 0.3 is 0 Å². The molecule has 5 nitrogen and oxygen atoms in total. The fourth-order valence-corrected chi connectivity index (χ4v) is 2.49. The van der Waals surface area contributed by atoms with E-state index >= 15 is 0 Å². The molecule has 0 saturated carbocycles. The van der Waals surface area contributed by atoms with Crippen LogP contribution in [0.4, 0.5) is 5.13 Å². The Morgan fingerprint density at radius 2 is 2.35 bits per heavy atom. The highest BCUT2D eigenvalue weighted by molar-refractivity contribution is 7.14. The summed E-state index contributed by atoms with van der Waals surface area (Å²) in [5.74, 6) is -0.239. The van der Waals surface area contributed by atoms with Gasteiger partial charge in [0.05, 0.1) is 12.2 Å². The minimum atomic E-state index is -0.239. The molecule has 20 heavy (non-hydrogen) atoms. The van der Waals surface area contributed by atoms with Crippen LogP contribution in [0.15, 0.2) is 28.6 Å². The second kappa shape index (κ2) is 6.40. The van der Waals surface area contributed by atoms with Crippen LogP contribution in [0.25, 0.3) is 11.3 Å². The zero-order chi connectivity index (χ0) is 14.5. The fraction of sp³-hybridized carbons (Fsp3) is 0.214. The van der Waals surface area contributed by atoms with Crippen LogP contribution >= 0.6 is 11.3 Å². The zero-order valence-corrected chi connectivity index (χ0v) is 12.2. The van der Waals surface area contributed by atoms with Gasteiger partial charge in [-0.1, -0.05) is 12.1 Å². The molecule has 0 unspecified atom stereocenters. The van der Waals surface area contributed by atoms with Gasteiger partial charge < -0.3 is 11.1 Å². The number of carbonyl (C=O) groups excluding carboxylic acids is 1. The number of aryl methyl sites for hydroxylation is 1. The third kappa shape index (κ3) is 3.28. The minimum absolute atomic E-state index is 0.0426. The van der Waals surface area contributed by atoms with Crippen LogP contribution in [0.1, 0.15) is 11.1 Å². The van der Waals surface area contributed by atoms with Crippen molar-refractivity contribution in [2.45, 2.75) is 6.92 Å². The smallest absolute Gasteiger partial charge is 0.239 e. The van der Waals surface area contributed by atoms with Crippen molar-refractivity contribution in [3.8, 4) is 11.3 Å². The Bertz CT molecular complexity index is 648. The van der Waals surface area contributed by atoms with Gasteiger partial charge in [0.15, 0.2) is 5.13 Å². The molecule has 0 bridgehead atoms. The van der Waals surface area contributed by atoms with Gasteiger partial charge in [0.1, 0.15) is 0 Å². The van der Waals surface area contributed by atoms with Crippen molar-refractivity contribution in [3.63, 3.8) is 0 Å². The number of hydrogen-bond donors (Lipinski definition) is 2. The summed E-state index contributed by atoms with van der Waals surface area (Å²) in [6, 6.07) is 6.06. The lowest BCUT2D eigenvalue weighted by Crippen LogP contribution is -2.21. The summed E-state index contributed by atoms with van der Waals surface area (Å²) in [6.07, 6.45) is 1.83. The average molecular weight is 288 g/mol. The van der Waals surface area contributed by atoms with E-state index in [-0.39, 0.29) is 12.5 Å². The number of amides is 1. The highest BCUT2D eigenvalue weighted by Crippen LogP contribution is 2.26. The van der Waals surface area contributed by atoms with Gasteiger partial charge in [-0.05, 0) is 24.1 Å². The van der Waals surface area contributed by atoms with E-state index < -0.39 is 0 Å². The molecule has 1 aromatic carbocycles. The number of hydrogen-bond acceptors (Lipinski definition) is 5. The summed E-state index contributed by atoms with van der Waals surface area (Å²) >= 11 is 1.38. The number of rotatable bonds is 4. The van der Waals surface area contributed by atoms with Crippen LogP contribution in [-0.4, -0.2) is 30.7 Å². The van der Waals surface area contributed by atoms with Crippen molar-refractivity contribution in [2.75, 3.05) is 18.9 Å². The minimum Gasteiger partial charge on any atom is -0.322 e. The predicted octanol–water partition coefficient (Wildman–Crippen LogP) is 2.06. The molecule has 0 atom stereocenters. The van der Waals surface area contributed by atoms with Crippen LogP contribution in [0, 0.1) is 6.92 Å². The van der Waals surface area contributed by atoms with Crippen LogP contribution in [-0.2, 0) is 4.79 Å². The number of nitrogens with one attached hydrogen (secondary N) is 1. The third-order valence-corrected chi connectivity index (χ3v) is 3.53. The van der Waals surface area contributed by atoms with E-state index in [0.717, 1.165) is 22.4 Å². The topological polar surface area (TPSA) is 80.4 Å². The van der Waals surface area contributed by atoms with Crippen molar-refractivity contribution in [1.82, 2.24) is 4.98 Å². The Hall–Kier alpha value is -2.05. The normalized spacial score (nSPS) is 10.9. The molecule has 0 aliphatic rings. The fourth-order valence-electron chi connectivity index (χ4n) is 1.75. The zero-order valence-electron chi connectivity index (χ0n) is 11.4. The molecule has 6 heteroatoms. The quantitative estimate of drug-likeness (QED) is 0.845. The molecule has 0 saturated heterocycles. The molecule has 1 amide bonds. The van der Waals surface area contributed by atoms with Crippen molar-refractivity contribution < 1.29 is 4.79 Å². The highest BCUT2D eigenvalue weighted by Gasteiger charge is 2.08. The monoisotopic (exact) mass is 288 g/mol. The van der Waals surface area contributed by atoms with Crippen molar-refractivity contribution in [1.29, 1.82) is 0 Å². The largest absolute Gasteiger partial charge is 0.322 e. The molecular weight excluding hydrogens is 272 g/mol. The summed E-state index contributed by atoms with van der Waals surface area (Å²) in [6.45, 7) is 1.99. The predicted molar refractivity (Wildman–Crippen MR) is 83.5 cm³/mol. The number of thiazole rings is 1. The molecule has 0 spiro atoms. The summed E-state index contributed by atoms with van der Waals surface area (Å²) < 4.78 is 0. The van der Waals surface area contributed by atoms with Crippen molar-refractivity contribution in [2.24, 2.45) is 10.7 Å². The summed E-state index contributed by atoms with van der Waals surface area (Å²) in [4.78, 5) is 19.6. The number of carbonyl (C=O) groups is 1. The number of nitrogens with two attached hydrogens (primary N) is 1. The van der Waals surface area contributed by atoms with Crippen molar-refractivity contribution in [3.05, 3.63) is 34.7 Å². The molecule has 0 aliphatic heterocycles. The van der Waals surface area contributed by atoms with Gasteiger partial charge in [0, 0.05) is 24.2 Å². The van der Waals surface area contributed by atoms with Gasteiger partial charge in [-0.25, -0.2) is 4.98 Å². The molecular formula is C14H16N4OS. The molecule has 1 aromatic heterocycles. The number of benzene rings is 1. The summed E-state index contributed by atoms with van der Waals surface area (Å²) in [7, 11) is 1.75. The molecule has 0 aliphatic carbocycles. The standard InChI is InChI=1S/C14H16N4OS/c1-9-5-10(3-4-11(9)7-16-2)12-8-20-14(17-12)18-13(19)6-15/h3-5,7-8H,6,15H2,1-2H3,(H,17,18,19). The van der Waals surface area contributed by atoms with Gasteiger partial charge in [0.2, 0.25) is 5.91 Å². The second-order valence-electron chi connectivity index (χ2n) is 4.25. The van der Waals surface area contributed by atoms with E-state index in [1.54, 1.807) is 7.05 Å². The maximum Gasteiger partial charge on any atom is 0.239 e. The van der Waals surface area contributed by atoms with E-state index in [9.17, 15) is 4.79 Å². The Morgan fingerprint density at radius 3 is 3.00 bits per heavy atom. The van der Waals surface area contributed by atoms with E-state index in [0.29, 0.717) is 5.13 Å². The van der Waals surface area contributed by atoms with E-state index in [1.807, 2.05) is 30.7 Å². The highest BCUT2D eigenvalue weighted by atomic mass is 32.1. The second-order valence-corrected chi connectivity index (χ2v) is 5.11. The lowest BCUT2D eigenvalue weighted by Gasteiger charge is -2.03. The lowest BCUT2D eigenvalue weighted by atomic mass is 10.0. The Balaban J connectivity index is 2.24. The average Bonchev–Trinajstić information content (AvgIpc) is 2.89. The van der Waals surface area contributed by atoms with Crippen LogP contribution in [0.3, 0.4) is 0 Å².